The Morgan fingerprint density at radius 2 is 2.15 bits per heavy atom. The van der Waals surface area contributed by atoms with Crippen LogP contribution in [0.1, 0.15) is 29.9 Å². The summed E-state index contributed by atoms with van der Waals surface area (Å²) in [5.41, 5.74) is 7.91. The van der Waals surface area contributed by atoms with Crippen molar-refractivity contribution in [2.24, 2.45) is 5.73 Å². The molecule has 0 amide bonds. The van der Waals surface area contributed by atoms with Gasteiger partial charge in [0.2, 0.25) is 0 Å². The first-order chi connectivity index (χ1) is 6.31. The van der Waals surface area contributed by atoms with Crippen LogP contribution in [-0.4, -0.2) is 6.54 Å². The van der Waals surface area contributed by atoms with Crippen molar-refractivity contribution in [2.45, 2.75) is 25.2 Å². The van der Waals surface area contributed by atoms with E-state index >= 15 is 0 Å². The molecule has 0 saturated heterocycles. The zero-order valence-corrected chi connectivity index (χ0v) is 7.59. The molecule has 1 saturated carbocycles. The Morgan fingerprint density at radius 3 is 2.77 bits per heavy atom. The third kappa shape index (κ3) is 1.89. The summed E-state index contributed by atoms with van der Waals surface area (Å²) in [7, 11) is 0. The molecule has 0 atom stereocenters. The normalized spacial score (nSPS) is 16.2. The van der Waals surface area contributed by atoms with Gasteiger partial charge in [-0.3, -0.25) is 0 Å². The molecule has 0 radical (unpaired) electrons. The topological polar surface area (TPSA) is 26.0 Å². The molecule has 2 rings (SSSR count). The van der Waals surface area contributed by atoms with E-state index < -0.39 is 0 Å². The van der Waals surface area contributed by atoms with E-state index in [1.54, 1.807) is 6.07 Å². The Morgan fingerprint density at radius 1 is 1.38 bits per heavy atom. The SMILES string of the molecule is NCCc1ccc(F)cc1C1CC1. The smallest absolute Gasteiger partial charge is 0.123 e. The molecular formula is C11H14FN. The summed E-state index contributed by atoms with van der Waals surface area (Å²) in [6, 6.07) is 5.06. The van der Waals surface area contributed by atoms with Crippen molar-refractivity contribution in [1.29, 1.82) is 0 Å². The van der Waals surface area contributed by atoms with Gasteiger partial charge in [-0.25, -0.2) is 4.39 Å². The highest BCUT2D eigenvalue weighted by molar-refractivity contribution is 5.34. The van der Waals surface area contributed by atoms with Crippen molar-refractivity contribution in [2.75, 3.05) is 6.54 Å². The fourth-order valence-corrected chi connectivity index (χ4v) is 1.72. The summed E-state index contributed by atoms with van der Waals surface area (Å²) in [5, 5.41) is 0. The molecule has 1 aromatic rings. The van der Waals surface area contributed by atoms with E-state index in [9.17, 15) is 4.39 Å². The van der Waals surface area contributed by atoms with Crippen LogP contribution in [0.15, 0.2) is 18.2 Å². The van der Waals surface area contributed by atoms with E-state index in [0.29, 0.717) is 12.5 Å². The Hall–Kier alpha value is -0.890. The summed E-state index contributed by atoms with van der Waals surface area (Å²) in [5.74, 6) is 0.486. The number of hydrogen-bond acceptors (Lipinski definition) is 1. The van der Waals surface area contributed by atoms with Crippen molar-refractivity contribution in [1.82, 2.24) is 0 Å². The molecule has 2 heteroatoms. The first-order valence-corrected chi connectivity index (χ1v) is 4.79. The van der Waals surface area contributed by atoms with Gasteiger partial charge >= 0.3 is 0 Å². The standard InChI is InChI=1S/C11H14FN/c12-10-4-3-9(5-6-13)11(7-10)8-1-2-8/h3-4,7-8H,1-2,5-6,13H2. The first kappa shape index (κ1) is 8.70. The van der Waals surface area contributed by atoms with Gasteiger partial charge in [0.25, 0.3) is 0 Å². The third-order valence-corrected chi connectivity index (χ3v) is 2.54. The van der Waals surface area contributed by atoms with Crippen LogP contribution in [-0.2, 0) is 6.42 Å². The van der Waals surface area contributed by atoms with Crippen LogP contribution >= 0.6 is 0 Å². The van der Waals surface area contributed by atoms with Crippen molar-refractivity contribution in [3.8, 4) is 0 Å². The summed E-state index contributed by atoms with van der Waals surface area (Å²) in [4.78, 5) is 0. The van der Waals surface area contributed by atoms with Gasteiger partial charge in [0.1, 0.15) is 5.82 Å². The minimum atomic E-state index is -0.123. The van der Waals surface area contributed by atoms with Gasteiger partial charge in [-0.15, -0.1) is 0 Å². The molecule has 0 unspecified atom stereocenters. The zero-order chi connectivity index (χ0) is 9.26. The molecule has 13 heavy (non-hydrogen) atoms. The predicted octanol–water partition coefficient (Wildman–Crippen LogP) is 2.20. The van der Waals surface area contributed by atoms with Crippen LogP contribution in [0.3, 0.4) is 0 Å². The van der Waals surface area contributed by atoms with Gasteiger partial charge in [0.15, 0.2) is 0 Å². The average Bonchev–Trinajstić information content (AvgIpc) is 2.91. The fraction of sp³-hybridized carbons (Fsp3) is 0.455. The van der Waals surface area contributed by atoms with Crippen molar-refractivity contribution >= 4 is 0 Å². The quantitative estimate of drug-likeness (QED) is 0.756. The van der Waals surface area contributed by atoms with Crippen LogP contribution in [0.4, 0.5) is 4.39 Å². The Balaban J connectivity index is 2.30. The predicted molar refractivity (Wildman–Crippen MR) is 51.1 cm³/mol. The molecule has 0 aromatic heterocycles. The van der Waals surface area contributed by atoms with Gasteiger partial charge in [-0.2, -0.15) is 0 Å². The monoisotopic (exact) mass is 179 g/mol. The van der Waals surface area contributed by atoms with Crippen molar-refractivity contribution in [3.05, 3.63) is 35.1 Å². The summed E-state index contributed by atoms with van der Waals surface area (Å²) in [6.45, 7) is 0.644. The lowest BCUT2D eigenvalue weighted by molar-refractivity contribution is 0.624. The van der Waals surface area contributed by atoms with E-state index in [2.05, 4.69) is 0 Å². The van der Waals surface area contributed by atoms with E-state index in [1.807, 2.05) is 6.07 Å². The second kappa shape index (κ2) is 3.46. The largest absolute Gasteiger partial charge is 0.330 e. The van der Waals surface area contributed by atoms with Gasteiger partial charge in [-0.1, -0.05) is 6.07 Å². The molecule has 0 spiro atoms. The molecule has 0 bridgehead atoms. The van der Waals surface area contributed by atoms with Gasteiger partial charge in [0.05, 0.1) is 0 Å². The molecule has 1 nitrogen and oxygen atoms in total. The van der Waals surface area contributed by atoms with Crippen molar-refractivity contribution < 1.29 is 4.39 Å². The van der Waals surface area contributed by atoms with E-state index in [-0.39, 0.29) is 5.82 Å². The molecule has 1 aliphatic carbocycles. The number of halogens is 1. The zero-order valence-electron chi connectivity index (χ0n) is 7.59. The molecule has 1 fully saturated rings. The van der Waals surface area contributed by atoms with Crippen molar-refractivity contribution in [3.63, 3.8) is 0 Å². The number of rotatable bonds is 3. The summed E-state index contributed by atoms with van der Waals surface area (Å²) in [6.07, 6.45) is 3.29. The average molecular weight is 179 g/mol. The van der Waals surface area contributed by atoms with Crippen LogP contribution in [0.5, 0.6) is 0 Å². The Bertz CT molecular complexity index is 305. The lowest BCUT2D eigenvalue weighted by Gasteiger charge is -2.07. The maximum Gasteiger partial charge on any atom is 0.123 e. The molecule has 0 heterocycles. The van der Waals surface area contributed by atoms with E-state index in [1.165, 1.54) is 30.0 Å². The van der Waals surface area contributed by atoms with E-state index in [0.717, 1.165) is 6.42 Å². The lowest BCUT2D eigenvalue weighted by Crippen LogP contribution is -2.05. The first-order valence-electron chi connectivity index (χ1n) is 4.79. The molecule has 2 N–H and O–H groups in total. The molecule has 1 aromatic carbocycles. The fourth-order valence-electron chi connectivity index (χ4n) is 1.72. The van der Waals surface area contributed by atoms with Crippen LogP contribution in [0.25, 0.3) is 0 Å². The number of nitrogens with two attached hydrogens (primary N) is 1. The number of benzene rings is 1. The Labute approximate surface area is 77.8 Å². The summed E-state index contributed by atoms with van der Waals surface area (Å²) < 4.78 is 12.9. The number of hydrogen-bond donors (Lipinski definition) is 1. The molecule has 70 valence electrons. The highest BCUT2D eigenvalue weighted by Gasteiger charge is 2.25. The Kier molecular flexibility index (Phi) is 2.32. The van der Waals surface area contributed by atoms with Gasteiger partial charge in [-0.05, 0) is 55.0 Å². The van der Waals surface area contributed by atoms with Gasteiger partial charge in [0, 0.05) is 0 Å². The minimum absolute atomic E-state index is 0.123. The maximum atomic E-state index is 12.9. The maximum absolute atomic E-state index is 12.9. The lowest BCUT2D eigenvalue weighted by atomic mass is 10.0. The van der Waals surface area contributed by atoms with Crippen LogP contribution < -0.4 is 5.73 Å². The van der Waals surface area contributed by atoms with Crippen LogP contribution in [0.2, 0.25) is 0 Å². The highest BCUT2D eigenvalue weighted by Crippen LogP contribution is 2.41. The molecular weight excluding hydrogens is 165 g/mol. The van der Waals surface area contributed by atoms with E-state index in [4.69, 9.17) is 5.73 Å². The second-order valence-electron chi connectivity index (χ2n) is 3.66. The second-order valence-corrected chi connectivity index (χ2v) is 3.66. The molecule has 1 aliphatic rings. The molecule has 0 aliphatic heterocycles. The van der Waals surface area contributed by atoms with Gasteiger partial charge < -0.3 is 5.73 Å². The highest BCUT2D eigenvalue weighted by atomic mass is 19.1. The van der Waals surface area contributed by atoms with Crippen LogP contribution in [0, 0.1) is 5.82 Å². The summed E-state index contributed by atoms with van der Waals surface area (Å²) >= 11 is 0. The minimum Gasteiger partial charge on any atom is -0.330 e. The third-order valence-electron chi connectivity index (χ3n) is 2.54.